The molecule has 7 nitrogen and oxygen atoms in total. The highest BCUT2D eigenvalue weighted by molar-refractivity contribution is 9.10. The number of nitrogens with one attached hydrogen (secondary N) is 2. The van der Waals surface area contributed by atoms with Crippen molar-refractivity contribution in [2.45, 2.75) is 43.2 Å². The summed E-state index contributed by atoms with van der Waals surface area (Å²) in [7, 11) is -3.99. The molecule has 140 valence electrons. The van der Waals surface area contributed by atoms with E-state index in [2.05, 4.69) is 30.8 Å². The third-order valence-corrected chi connectivity index (χ3v) is 6.59. The number of nitrogens with zero attached hydrogens (tertiary/aromatic N) is 1. The van der Waals surface area contributed by atoms with Crippen LogP contribution in [0.3, 0.4) is 0 Å². The first-order chi connectivity index (χ1) is 12.4. The van der Waals surface area contributed by atoms with Crippen LogP contribution in [0.25, 0.3) is 0 Å². The van der Waals surface area contributed by atoms with E-state index in [0.717, 1.165) is 22.9 Å². The molecule has 0 bridgehead atoms. The van der Waals surface area contributed by atoms with E-state index < -0.39 is 21.5 Å². The van der Waals surface area contributed by atoms with Gasteiger partial charge in [0.2, 0.25) is 0 Å². The van der Waals surface area contributed by atoms with Gasteiger partial charge in [-0.1, -0.05) is 40.9 Å². The number of aromatic amines is 1. The van der Waals surface area contributed by atoms with Crippen molar-refractivity contribution in [1.82, 2.24) is 14.9 Å². The lowest BCUT2D eigenvalue weighted by atomic mass is 9.89. The number of rotatable bonds is 6. The number of halogens is 1. The molecule has 0 amide bonds. The van der Waals surface area contributed by atoms with Crippen molar-refractivity contribution in [1.29, 1.82) is 0 Å². The van der Waals surface area contributed by atoms with E-state index in [1.54, 1.807) is 6.92 Å². The first-order valence-corrected chi connectivity index (χ1v) is 10.7. The highest BCUT2D eigenvalue weighted by Crippen LogP contribution is 2.40. The zero-order valence-corrected chi connectivity index (χ0v) is 16.7. The quantitative estimate of drug-likeness (QED) is 0.670. The Morgan fingerprint density at radius 3 is 2.58 bits per heavy atom. The van der Waals surface area contributed by atoms with Gasteiger partial charge in [-0.05, 0) is 37.5 Å². The van der Waals surface area contributed by atoms with Gasteiger partial charge in [0.15, 0.2) is 5.03 Å². The number of ether oxygens (including phenoxy) is 1. The Morgan fingerprint density at radius 1 is 1.31 bits per heavy atom. The minimum absolute atomic E-state index is 0.0942. The molecule has 9 heteroatoms. The molecule has 1 fully saturated rings. The molecule has 3 rings (SSSR count). The Bertz CT molecular complexity index is 887. The number of carbonyl (C=O) groups is 1. The van der Waals surface area contributed by atoms with Crippen molar-refractivity contribution in [2.24, 2.45) is 0 Å². The summed E-state index contributed by atoms with van der Waals surface area (Å²) in [6.07, 6.45) is 4.40. The topological polar surface area (TPSA) is 101 Å². The molecule has 0 unspecified atom stereocenters. The van der Waals surface area contributed by atoms with Gasteiger partial charge in [0.1, 0.15) is 5.56 Å². The summed E-state index contributed by atoms with van der Waals surface area (Å²) in [5, 5.41) is 5.89. The molecule has 1 heterocycles. The fraction of sp³-hybridized carbons (Fsp3) is 0.412. The van der Waals surface area contributed by atoms with Crippen LogP contribution in [0.15, 0.2) is 40.0 Å². The van der Waals surface area contributed by atoms with Crippen molar-refractivity contribution >= 4 is 31.9 Å². The fourth-order valence-corrected chi connectivity index (χ4v) is 5.14. The summed E-state index contributed by atoms with van der Waals surface area (Å²) in [6.45, 7) is 1.81. The Hall–Kier alpha value is -1.71. The SMILES string of the molecule is CCOC(=O)c1cn[nH]c1S(=O)(=O)NC1(c2ccc(Br)cc2)CCCC1. The number of carbonyl (C=O) groups excluding carboxylic acids is 1. The molecule has 0 aliphatic heterocycles. The van der Waals surface area contributed by atoms with Crippen molar-refractivity contribution in [2.75, 3.05) is 6.61 Å². The molecular weight excluding hydrogens is 422 g/mol. The van der Waals surface area contributed by atoms with E-state index in [4.69, 9.17) is 4.74 Å². The number of aromatic nitrogens is 2. The minimum atomic E-state index is -3.99. The molecule has 1 saturated carbocycles. The van der Waals surface area contributed by atoms with Crippen LogP contribution in [0.5, 0.6) is 0 Å². The molecule has 0 atom stereocenters. The summed E-state index contributed by atoms with van der Waals surface area (Å²) >= 11 is 3.40. The van der Waals surface area contributed by atoms with E-state index in [1.165, 1.54) is 6.20 Å². The molecule has 1 aromatic carbocycles. The Labute approximate surface area is 160 Å². The van der Waals surface area contributed by atoms with Gasteiger partial charge in [-0.25, -0.2) is 13.2 Å². The second-order valence-corrected chi connectivity index (χ2v) is 8.77. The van der Waals surface area contributed by atoms with Gasteiger partial charge < -0.3 is 4.74 Å². The van der Waals surface area contributed by atoms with E-state index in [-0.39, 0.29) is 17.2 Å². The average molecular weight is 442 g/mol. The summed E-state index contributed by atoms with van der Waals surface area (Å²) in [6, 6.07) is 7.61. The van der Waals surface area contributed by atoms with Crippen molar-refractivity contribution in [3.05, 3.63) is 46.1 Å². The lowest BCUT2D eigenvalue weighted by molar-refractivity contribution is 0.0521. The first kappa shape index (κ1) is 19.1. The third-order valence-electron chi connectivity index (χ3n) is 4.55. The van der Waals surface area contributed by atoms with Crippen molar-refractivity contribution < 1.29 is 17.9 Å². The molecule has 2 N–H and O–H groups in total. The second-order valence-electron chi connectivity index (χ2n) is 6.23. The van der Waals surface area contributed by atoms with Crippen LogP contribution in [0.4, 0.5) is 0 Å². The van der Waals surface area contributed by atoms with E-state index in [1.807, 2.05) is 24.3 Å². The zero-order valence-electron chi connectivity index (χ0n) is 14.3. The maximum atomic E-state index is 13.0. The van der Waals surface area contributed by atoms with Gasteiger partial charge >= 0.3 is 5.97 Å². The first-order valence-electron chi connectivity index (χ1n) is 8.38. The van der Waals surface area contributed by atoms with E-state index in [0.29, 0.717) is 12.8 Å². The summed E-state index contributed by atoms with van der Waals surface area (Å²) in [4.78, 5) is 12.0. The van der Waals surface area contributed by atoms with E-state index >= 15 is 0 Å². The standard InChI is InChI=1S/C17H20BrN3O4S/c1-2-25-16(22)14-11-19-20-15(14)26(23,24)21-17(9-3-4-10-17)12-5-7-13(18)8-6-12/h5-8,11,21H,2-4,9-10H2,1H3,(H,19,20). The van der Waals surface area contributed by atoms with Gasteiger partial charge in [0.05, 0.1) is 18.3 Å². The smallest absolute Gasteiger partial charge is 0.342 e. The summed E-state index contributed by atoms with van der Waals surface area (Å²) in [5.74, 6) is -0.717. The molecule has 26 heavy (non-hydrogen) atoms. The predicted octanol–water partition coefficient (Wildman–Crippen LogP) is 3.10. The van der Waals surface area contributed by atoms with Crippen LogP contribution >= 0.6 is 15.9 Å². The Balaban J connectivity index is 1.96. The average Bonchev–Trinajstić information content (AvgIpc) is 3.25. The van der Waals surface area contributed by atoms with Gasteiger partial charge in [0, 0.05) is 4.47 Å². The number of sulfonamides is 1. The second kappa shape index (κ2) is 7.50. The lowest BCUT2D eigenvalue weighted by Gasteiger charge is -2.30. The third kappa shape index (κ3) is 3.70. The number of benzene rings is 1. The zero-order chi connectivity index (χ0) is 18.8. The summed E-state index contributed by atoms with van der Waals surface area (Å²) in [5.41, 5.74) is 0.110. The van der Waals surface area contributed by atoms with Crippen molar-refractivity contribution in [3.63, 3.8) is 0 Å². The van der Waals surface area contributed by atoms with Crippen molar-refractivity contribution in [3.8, 4) is 0 Å². The number of hydrogen-bond donors (Lipinski definition) is 2. The number of esters is 1. The number of H-pyrrole nitrogens is 1. The Kier molecular flexibility index (Phi) is 5.50. The molecule has 1 aromatic heterocycles. The molecule has 1 aliphatic carbocycles. The van der Waals surface area contributed by atoms with Crippen LogP contribution in [0.1, 0.15) is 48.5 Å². The predicted molar refractivity (Wildman–Crippen MR) is 99.2 cm³/mol. The maximum absolute atomic E-state index is 13.0. The Morgan fingerprint density at radius 2 is 1.96 bits per heavy atom. The molecular formula is C17H20BrN3O4S. The fourth-order valence-electron chi connectivity index (χ4n) is 3.34. The highest BCUT2D eigenvalue weighted by atomic mass is 79.9. The maximum Gasteiger partial charge on any atom is 0.342 e. The van der Waals surface area contributed by atoms with Gasteiger partial charge in [-0.15, -0.1) is 0 Å². The normalized spacial score (nSPS) is 16.5. The number of hydrogen-bond acceptors (Lipinski definition) is 5. The van der Waals surface area contributed by atoms with Gasteiger partial charge in [0.25, 0.3) is 10.0 Å². The molecule has 1 aliphatic rings. The molecule has 0 saturated heterocycles. The van der Waals surface area contributed by atoms with E-state index in [9.17, 15) is 13.2 Å². The molecule has 2 aromatic rings. The summed E-state index contributed by atoms with van der Waals surface area (Å²) < 4.78 is 34.7. The van der Waals surface area contributed by atoms with Gasteiger partial charge in [-0.3, -0.25) is 5.10 Å². The molecule has 0 radical (unpaired) electrons. The molecule has 0 spiro atoms. The van der Waals surface area contributed by atoms with Crippen LogP contribution in [0.2, 0.25) is 0 Å². The minimum Gasteiger partial charge on any atom is -0.462 e. The van der Waals surface area contributed by atoms with Crippen LogP contribution in [-0.2, 0) is 20.3 Å². The lowest BCUT2D eigenvalue weighted by Crippen LogP contribution is -2.44. The van der Waals surface area contributed by atoms with Gasteiger partial charge in [-0.2, -0.15) is 9.82 Å². The largest absolute Gasteiger partial charge is 0.462 e. The van der Waals surface area contributed by atoms with Crippen LogP contribution < -0.4 is 4.72 Å². The van der Waals surface area contributed by atoms with Crippen LogP contribution in [0, 0.1) is 0 Å². The highest BCUT2D eigenvalue weighted by Gasteiger charge is 2.41. The monoisotopic (exact) mass is 441 g/mol. The van der Waals surface area contributed by atoms with Crippen LogP contribution in [-0.4, -0.2) is 31.2 Å².